The van der Waals surface area contributed by atoms with Gasteiger partial charge >= 0.3 is 0 Å². The van der Waals surface area contributed by atoms with Gasteiger partial charge in [0.25, 0.3) is 11.8 Å². The number of hydrogen-bond donors (Lipinski definition) is 2. The van der Waals surface area contributed by atoms with Crippen molar-refractivity contribution in [3.63, 3.8) is 0 Å². The molecule has 0 aliphatic rings. The molecule has 0 saturated carbocycles. The molecule has 0 spiro atoms. The highest BCUT2D eigenvalue weighted by Gasteiger charge is 2.18. The Bertz CT molecular complexity index is 821. The molecular formula is C19H21ClN2O4. The maximum absolute atomic E-state index is 12.6. The van der Waals surface area contributed by atoms with Crippen LogP contribution < -0.4 is 20.1 Å². The van der Waals surface area contributed by atoms with Crippen molar-refractivity contribution in [3.05, 3.63) is 52.5 Å². The maximum Gasteiger partial charge on any atom is 0.255 e. The molecule has 7 heteroatoms. The lowest BCUT2D eigenvalue weighted by molar-refractivity contribution is 0.0964. The Balaban J connectivity index is 2.34. The van der Waals surface area contributed by atoms with E-state index in [0.29, 0.717) is 22.7 Å². The SMILES string of the molecule is CNC(=O)c1ccccc1NC(=O)c1cc(Cl)c(OC(C)C)c(OC)c1. The number of amides is 2. The highest BCUT2D eigenvalue weighted by Crippen LogP contribution is 2.37. The van der Waals surface area contributed by atoms with Crippen molar-refractivity contribution < 1.29 is 19.1 Å². The van der Waals surface area contributed by atoms with Crippen molar-refractivity contribution in [3.8, 4) is 11.5 Å². The van der Waals surface area contributed by atoms with E-state index in [1.54, 1.807) is 30.3 Å². The van der Waals surface area contributed by atoms with E-state index in [2.05, 4.69) is 10.6 Å². The van der Waals surface area contributed by atoms with Crippen LogP contribution in [0, 0.1) is 0 Å². The molecule has 0 atom stereocenters. The second-order valence-corrected chi connectivity index (χ2v) is 6.14. The minimum Gasteiger partial charge on any atom is -0.493 e. The Hall–Kier alpha value is -2.73. The van der Waals surface area contributed by atoms with Crippen LogP contribution in [0.5, 0.6) is 11.5 Å². The van der Waals surface area contributed by atoms with Crippen LogP contribution in [0.4, 0.5) is 5.69 Å². The summed E-state index contributed by atoms with van der Waals surface area (Å²) in [5, 5.41) is 5.53. The Morgan fingerprint density at radius 1 is 1.12 bits per heavy atom. The van der Waals surface area contributed by atoms with E-state index in [1.807, 2.05) is 13.8 Å². The minimum absolute atomic E-state index is 0.0968. The normalized spacial score (nSPS) is 10.4. The molecule has 0 bridgehead atoms. The second kappa shape index (κ2) is 8.58. The van der Waals surface area contributed by atoms with Gasteiger partial charge in [0.2, 0.25) is 0 Å². The Morgan fingerprint density at radius 3 is 2.42 bits per heavy atom. The van der Waals surface area contributed by atoms with E-state index < -0.39 is 5.91 Å². The molecule has 0 radical (unpaired) electrons. The van der Waals surface area contributed by atoms with Gasteiger partial charge in [-0.3, -0.25) is 9.59 Å². The average molecular weight is 377 g/mol. The van der Waals surface area contributed by atoms with E-state index >= 15 is 0 Å². The van der Waals surface area contributed by atoms with Crippen molar-refractivity contribution in [1.82, 2.24) is 5.32 Å². The number of nitrogens with one attached hydrogen (secondary N) is 2. The molecule has 0 aliphatic carbocycles. The molecule has 0 aliphatic heterocycles. The molecule has 2 aromatic carbocycles. The smallest absolute Gasteiger partial charge is 0.255 e. The third kappa shape index (κ3) is 4.46. The molecule has 2 aromatic rings. The fraction of sp³-hybridized carbons (Fsp3) is 0.263. The zero-order valence-corrected chi connectivity index (χ0v) is 15.8. The van der Waals surface area contributed by atoms with E-state index in [0.717, 1.165) is 0 Å². The van der Waals surface area contributed by atoms with Gasteiger partial charge in [-0.15, -0.1) is 0 Å². The molecule has 6 nitrogen and oxygen atoms in total. The number of rotatable bonds is 6. The van der Waals surface area contributed by atoms with Gasteiger partial charge in [-0.25, -0.2) is 0 Å². The summed E-state index contributed by atoms with van der Waals surface area (Å²) in [7, 11) is 3.00. The van der Waals surface area contributed by atoms with Gasteiger partial charge in [-0.1, -0.05) is 23.7 Å². The maximum atomic E-state index is 12.6. The zero-order valence-electron chi connectivity index (χ0n) is 15.1. The first-order valence-corrected chi connectivity index (χ1v) is 8.41. The molecule has 2 rings (SSSR count). The first kappa shape index (κ1) is 19.6. The van der Waals surface area contributed by atoms with Crippen LogP contribution in [-0.4, -0.2) is 32.1 Å². The van der Waals surface area contributed by atoms with Gasteiger partial charge in [-0.2, -0.15) is 0 Å². The van der Waals surface area contributed by atoms with Crippen LogP contribution in [0.15, 0.2) is 36.4 Å². The Morgan fingerprint density at radius 2 is 1.81 bits per heavy atom. The first-order valence-electron chi connectivity index (χ1n) is 8.04. The van der Waals surface area contributed by atoms with Crippen molar-refractivity contribution >= 4 is 29.1 Å². The van der Waals surface area contributed by atoms with Gasteiger partial charge in [0.1, 0.15) is 0 Å². The zero-order chi connectivity index (χ0) is 19.3. The lowest BCUT2D eigenvalue weighted by Crippen LogP contribution is -2.21. The van der Waals surface area contributed by atoms with Crippen LogP contribution in [0.2, 0.25) is 5.02 Å². The number of anilines is 1. The van der Waals surface area contributed by atoms with E-state index in [-0.39, 0.29) is 22.6 Å². The molecule has 0 aromatic heterocycles. The highest BCUT2D eigenvalue weighted by molar-refractivity contribution is 6.32. The predicted octanol–water partition coefficient (Wildman–Crippen LogP) is 3.75. The molecule has 0 heterocycles. The summed E-state index contributed by atoms with van der Waals surface area (Å²) >= 11 is 6.26. The summed E-state index contributed by atoms with van der Waals surface area (Å²) in [5.74, 6) is 0.0252. The Labute approximate surface area is 157 Å². The number of methoxy groups -OCH3 is 1. The van der Waals surface area contributed by atoms with Crippen molar-refractivity contribution in [2.45, 2.75) is 20.0 Å². The quantitative estimate of drug-likeness (QED) is 0.805. The van der Waals surface area contributed by atoms with Crippen molar-refractivity contribution in [2.75, 3.05) is 19.5 Å². The van der Waals surface area contributed by atoms with Gasteiger partial charge in [0.15, 0.2) is 11.5 Å². The molecule has 138 valence electrons. The molecule has 26 heavy (non-hydrogen) atoms. The summed E-state index contributed by atoms with van der Waals surface area (Å²) in [5.41, 5.74) is 1.05. The van der Waals surface area contributed by atoms with Gasteiger partial charge in [0.05, 0.1) is 29.5 Å². The van der Waals surface area contributed by atoms with E-state index in [1.165, 1.54) is 20.2 Å². The highest BCUT2D eigenvalue weighted by atomic mass is 35.5. The van der Waals surface area contributed by atoms with Crippen LogP contribution >= 0.6 is 11.6 Å². The largest absolute Gasteiger partial charge is 0.493 e. The monoisotopic (exact) mass is 376 g/mol. The summed E-state index contributed by atoms with van der Waals surface area (Å²) in [6.45, 7) is 3.73. The first-order chi connectivity index (χ1) is 12.4. The number of carbonyl (C=O) groups excluding carboxylic acids is 2. The molecular weight excluding hydrogens is 356 g/mol. The standard InChI is InChI=1S/C19H21ClN2O4/c1-11(2)26-17-14(20)9-12(10-16(17)25-4)18(23)22-15-8-6-5-7-13(15)19(24)21-3/h5-11H,1-4H3,(H,21,24)(H,22,23). The topological polar surface area (TPSA) is 76.7 Å². The number of halogens is 1. The molecule has 0 fully saturated rings. The van der Waals surface area contributed by atoms with Crippen LogP contribution in [-0.2, 0) is 0 Å². The molecule has 2 N–H and O–H groups in total. The van der Waals surface area contributed by atoms with Gasteiger partial charge in [0, 0.05) is 12.6 Å². The lowest BCUT2D eigenvalue weighted by atomic mass is 10.1. The summed E-state index contributed by atoms with van der Waals surface area (Å²) in [6.07, 6.45) is -0.0968. The predicted molar refractivity (Wildman–Crippen MR) is 102 cm³/mol. The third-order valence-electron chi connectivity index (χ3n) is 3.49. The fourth-order valence-corrected chi connectivity index (χ4v) is 2.58. The number of benzene rings is 2. The van der Waals surface area contributed by atoms with Gasteiger partial charge in [-0.05, 0) is 38.1 Å². The minimum atomic E-state index is -0.419. The Kier molecular flexibility index (Phi) is 6.46. The van der Waals surface area contributed by atoms with E-state index in [4.69, 9.17) is 21.1 Å². The average Bonchev–Trinajstić information content (AvgIpc) is 2.62. The summed E-state index contributed by atoms with van der Waals surface area (Å²) in [4.78, 5) is 24.6. The molecule has 0 saturated heterocycles. The number of carbonyl (C=O) groups is 2. The molecule has 2 amide bonds. The van der Waals surface area contributed by atoms with Crippen LogP contribution in [0.25, 0.3) is 0 Å². The summed E-state index contributed by atoms with van der Waals surface area (Å²) < 4.78 is 10.9. The molecule has 0 unspecified atom stereocenters. The van der Waals surface area contributed by atoms with Gasteiger partial charge < -0.3 is 20.1 Å². The number of para-hydroxylation sites is 1. The van der Waals surface area contributed by atoms with Crippen LogP contribution in [0.1, 0.15) is 34.6 Å². The van der Waals surface area contributed by atoms with Crippen molar-refractivity contribution in [2.24, 2.45) is 0 Å². The second-order valence-electron chi connectivity index (χ2n) is 5.73. The van der Waals surface area contributed by atoms with E-state index in [9.17, 15) is 9.59 Å². The summed E-state index contributed by atoms with van der Waals surface area (Å²) in [6, 6.07) is 9.77. The van der Waals surface area contributed by atoms with Crippen molar-refractivity contribution in [1.29, 1.82) is 0 Å². The fourth-order valence-electron chi connectivity index (χ4n) is 2.32. The lowest BCUT2D eigenvalue weighted by Gasteiger charge is -2.16. The number of ether oxygens (including phenoxy) is 2. The third-order valence-corrected chi connectivity index (χ3v) is 3.77. The number of hydrogen-bond acceptors (Lipinski definition) is 4. The van der Waals surface area contributed by atoms with Crippen LogP contribution in [0.3, 0.4) is 0 Å².